The number of rotatable bonds is 5. The molecule has 1 aliphatic rings. The van der Waals surface area contributed by atoms with Crippen molar-refractivity contribution in [3.63, 3.8) is 0 Å². The molecule has 2 aromatic carbocycles. The van der Waals surface area contributed by atoms with E-state index in [4.69, 9.17) is 0 Å². The molecule has 1 fully saturated rings. The van der Waals surface area contributed by atoms with Crippen molar-refractivity contribution in [2.45, 2.75) is 13.3 Å². The molecule has 1 aromatic heterocycles. The van der Waals surface area contributed by atoms with Gasteiger partial charge in [0.25, 0.3) is 5.91 Å². The summed E-state index contributed by atoms with van der Waals surface area (Å²) in [5.41, 5.74) is 2.71. The van der Waals surface area contributed by atoms with Gasteiger partial charge in [0.15, 0.2) is 0 Å². The van der Waals surface area contributed by atoms with Crippen molar-refractivity contribution in [1.29, 1.82) is 0 Å². The molecule has 2 heterocycles. The standard InChI is InChI=1S/C25H27FN4O2/c1-3-29-14-15-30(25(32)23-12-13-28(2)27-23)17-20(24(29)31)16-18-8-10-19(11-9-18)21-6-4-5-7-22(21)26/h4-13,20H,3,14-17H2,1-2H3. The average molecular weight is 435 g/mol. The summed E-state index contributed by atoms with van der Waals surface area (Å²) >= 11 is 0. The molecule has 0 saturated carbocycles. The van der Waals surface area contributed by atoms with Gasteiger partial charge in [-0.25, -0.2) is 4.39 Å². The maximum Gasteiger partial charge on any atom is 0.274 e. The Kier molecular flexibility index (Phi) is 6.35. The number of aromatic nitrogens is 2. The Balaban J connectivity index is 1.54. The monoisotopic (exact) mass is 434 g/mol. The van der Waals surface area contributed by atoms with Crippen LogP contribution in [0.3, 0.4) is 0 Å². The van der Waals surface area contributed by atoms with Crippen molar-refractivity contribution in [2.24, 2.45) is 13.0 Å². The van der Waals surface area contributed by atoms with E-state index in [1.807, 2.05) is 42.2 Å². The highest BCUT2D eigenvalue weighted by Crippen LogP contribution is 2.24. The van der Waals surface area contributed by atoms with Crippen LogP contribution in [0, 0.1) is 11.7 Å². The van der Waals surface area contributed by atoms with Gasteiger partial charge in [-0.3, -0.25) is 14.3 Å². The van der Waals surface area contributed by atoms with Gasteiger partial charge in [-0.2, -0.15) is 5.10 Å². The van der Waals surface area contributed by atoms with Crippen molar-refractivity contribution in [3.8, 4) is 11.1 Å². The highest BCUT2D eigenvalue weighted by molar-refractivity contribution is 5.93. The number of hydrogen-bond donors (Lipinski definition) is 0. The number of nitrogens with zero attached hydrogens (tertiary/aromatic N) is 4. The highest BCUT2D eigenvalue weighted by Gasteiger charge is 2.32. The number of aryl methyl sites for hydroxylation is 1. The minimum absolute atomic E-state index is 0.0574. The normalized spacial score (nSPS) is 16.8. The number of amides is 2. The molecule has 0 radical (unpaired) electrons. The Labute approximate surface area is 187 Å². The van der Waals surface area contributed by atoms with Crippen molar-refractivity contribution in [1.82, 2.24) is 19.6 Å². The first kappa shape index (κ1) is 21.7. The smallest absolute Gasteiger partial charge is 0.274 e. The quantitative estimate of drug-likeness (QED) is 0.619. The maximum absolute atomic E-state index is 14.1. The molecule has 2 amide bonds. The van der Waals surface area contributed by atoms with Gasteiger partial charge >= 0.3 is 0 Å². The second-order valence-electron chi connectivity index (χ2n) is 8.12. The van der Waals surface area contributed by atoms with Crippen LogP contribution in [0.1, 0.15) is 23.0 Å². The fourth-order valence-corrected chi connectivity index (χ4v) is 4.19. The zero-order valence-electron chi connectivity index (χ0n) is 18.4. The number of likely N-dealkylation sites (N-methyl/N-ethyl adjacent to an activating group) is 1. The number of hydrogen-bond acceptors (Lipinski definition) is 3. The lowest BCUT2D eigenvalue weighted by molar-refractivity contribution is -0.134. The van der Waals surface area contributed by atoms with Crippen LogP contribution < -0.4 is 0 Å². The van der Waals surface area contributed by atoms with E-state index in [0.29, 0.717) is 43.9 Å². The Hall–Kier alpha value is -3.48. The molecule has 32 heavy (non-hydrogen) atoms. The van der Waals surface area contributed by atoms with Crippen molar-refractivity contribution in [3.05, 3.63) is 77.9 Å². The largest absolute Gasteiger partial charge is 0.341 e. The lowest BCUT2D eigenvalue weighted by Crippen LogP contribution is -2.38. The van der Waals surface area contributed by atoms with Gasteiger partial charge in [0, 0.05) is 45.0 Å². The van der Waals surface area contributed by atoms with Gasteiger partial charge in [0.05, 0.1) is 5.92 Å². The third-order valence-corrected chi connectivity index (χ3v) is 5.96. The third-order valence-electron chi connectivity index (χ3n) is 5.96. The SMILES string of the molecule is CCN1CCN(C(=O)c2ccn(C)n2)CC(Cc2ccc(-c3ccccc3F)cc2)C1=O. The minimum Gasteiger partial charge on any atom is -0.341 e. The summed E-state index contributed by atoms with van der Waals surface area (Å²) in [6.07, 6.45) is 2.25. The lowest BCUT2D eigenvalue weighted by atomic mass is 9.95. The van der Waals surface area contributed by atoms with E-state index in [9.17, 15) is 14.0 Å². The van der Waals surface area contributed by atoms with Crippen LogP contribution in [-0.2, 0) is 18.3 Å². The Bertz CT molecular complexity index is 1110. The molecule has 6 nitrogen and oxygen atoms in total. The third kappa shape index (κ3) is 4.56. The molecular weight excluding hydrogens is 407 g/mol. The van der Waals surface area contributed by atoms with E-state index in [1.54, 1.807) is 41.0 Å². The molecule has 0 N–H and O–H groups in total. The second-order valence-corrected chi connectivity index (χ2v) is 8.12. The van der Waals surface area contributed by atoms with E-state index in [-0.39, 0.29) is 23.5 Å². The van der Waals surface area contributed by atoms with Crippen LogP contribution in [0.4, 0.5) is 4.39 Å². The van der Waals surface area contributed by atoms with Gasteiger partial charge < -0.3 is 9.80 Å². The van der Waals surface area contributed by atoms with E-state index in [2.05, 4.69) is 5.10 Å². The maximum atomic E-state index is 14.1. The Morgan fingerprint density at radius 2 is 1.84 bits per heavy atom. The first-order valence-corrected chi connectivity index (χ1v) is 10.9. The summed E-state index contributed by atoms with van der Waals surface area (Å²) in [6.45, 7) is 3.90. The van der Waals surface area contributed by atoms with Crippen molar-refractivity contribution >= 4 is 11.8 Å². The summed E-state index contributed by atoms with van der Waals surface area (Å²) in [5.74, 6) is -0.705. The van der Waals surface area contributed by atoms with Crippen molar-refractivity contribution < 1.29 is 14.0 Å². The number of carbonyl (C=O) groups excluding carboxylic acids is 2. The van der Waals surface area contributed by atoms with Gasteiger partial charge in [-0.15, -0.1) is 0 Å². The predicted molar refractivity (Wildman–Crippen MR) is 120 cm³/mol. The molecule has 7 heteroatoms. The first-order chi connectivity index (χ1) is 15.5. The molecule has 1 aliphatic heterocycles. The summed E-state index contributed by atoms with van der Waals surface area (Å²) < 4.78 is 15.7. The fourth-order valence-electron chi connectivity index (χ4n) is 4.19. The molecule has 3 aromatic rings. The van der Waals surface area contributed by atoms with Crippen LogP contribution in [0.2, 0.25) is 0 Å². The zero-order chi connectivity index (χ0) is 22.7. The summed E-state index contributed by atoms with van der Waals surface area (Å²) in [4.78, 5) is 29.7. The van der Waals surface area contributed by atoms with Crippen LogP contribution in [-0.4, -0.2) is 57.6 Å². The van der Waals surface area contributed by atoms with E-state index < -0.39 is 0 Å². The number of halogens is 1. The molecule has 1 atom stereocenters. The summed E-state index contributed by atoms with van der Waals surface area (Å²) in [5, 5.41) is 4.23. The molecule has 0 bridgehead atoms. The van der Waals surface area contributed by atoms with Gasteiger partial charge in [-0.05, 0) is 36.6 Å². The summed E-state index contributed by atoms with van der Waals surface area (Å²) in [6, 6.07) is 16.0. The topological polar surface area (TPSA) is 58.4 Å². The molecule has 1 unspecified atom stereocenters. The van der Waals surface area contributed by atoms with E-state index in [1.165, 1.54) is 6.07 Å². The molecule has 0 aliphatic carbocycles. The minimum atomic E-state index is -0.343. The first-order valence-electron chi connectivity index (χ1n) is 10.9. The molecular formula is C25H27FN4O2. The number of carbonyl (C=O) groups is 2. The Morgan fingerprint density at radius 1 is 1.09 bits per heavy atom. The number of benzene rings is 2. The van der Waals surface area contributed by atoms with Gasteiger partial charge in [0.1, 0.15) is 11.5 Å². The molecule has 4 rings (SSSR count). The van der Waals surface area contributed by atoms with Crippen LogP contribution in [0.5, 0.6) is 0 Å². The highest BCUT2D eigenvalue weighted by atomic mass is 19.1. The lowest BCUT2D eigenvalue weighted by Gasteiger charge is -2.23. The van der Waals surface area contributed by atoms with Gasteiger partial charge in [0.2, 0.25) is 5.91 Å². The molecule has 1 saturated heterocycles. The van der Waals surface area contributed by atoms with Crippen LogP contribution in [0.15, 0.2) is 60.8 Å². The summed E-state index contributed by atoms with van der Waals surface area (Å²) in [7, 11) is 1.77. The fraction of sp³-hybridized carbons (Fsp3) is 0.320. The molecule has 0 spiro atoms. The average Bonchev–Trinajstić information content (AvgIpc) is 3.17. The van der Waals surface area contributed by atoms with Crippen LogP contribution >= 0.6 is 0 Å². The predicted octanol–water partition coefficient (Wildman–Crippen LogP) is 3.39. The molecule has 166 valence electrons. The van der Waals surface area contributed by atoms with E-state index in [0.717, 1.165) is 11.1 Å². The van der Waals surface area contributed by atoms with Crippen molar-refractivity contribution in [2.75, 3.05) is 26.2 Å². The van der Waals surface area contributed by atoms with E-state index >= 15 is 0 Å². The zero-order valence-corrected chi connectivity index (χ0v) is 18.4. The Morgan fingerprint density at radius 3 is 2.50 bits per heavy atom. The van der Waals surface area contributed by atoms with Gasteiger partial charge in [-0.1, -0.05) is 42.5 Å². The second kappa shape index (κ2) is 9.34. The van der Waals surface area contributed by atoms with Crippen LogP contribution in [0.25, 0.3) is 11.1 Å².